The third-order valence-electron chi connectivity index (χ3n) is 2.49. The third-order valence-corrected chi connectivity index (χ3v) is 2.49. The Labute approximate surface area is 111 Å². The van der Waals surface area contributed by atoms with Gasteiger partial charge in [-0.3, -0.25) is 4.79 Å². The van der Waals surface area contributed by atoms with Crippen molar-refractivity contribution in [1.82, 2.24) is 5.32 Å². The number of carbonyl (C=O) groups is 3. The molecule has 5 heteroatoms. The van der Waals surface area contributed by atoms with Gasteiger partial charge in [0.15, 0.2) is 0 Å². The maximum Gasteiger partial charge on any atom is 0.328 e. The Morgan fingerprint density at radius 3 is 2.58 bits per heavy atom. The number of rotatable bonds is 7. The fraction of sp³-hybridized carbons (Fsp3) is 0.357. The van der Waals surface area contributed by atoms with Crippen LogP contribution < -0.4 is 5.32 Å². The summed E-state index contributed by atoms with van der Waals surface area (Å²) in [5, 5.41) is 2.58. The molecule has 0 aliphatic heterocycles. The lowest BCUT2D eigenvalue weighted by Gasteiger charge is -2.16. The number of amides is 1. The Bertz CT molecular complexity index is 430. The van der Waals surface area contributed by atoms with Gasteiger partial charge in [-0.2, -0.15) is 0 Å². The van der Waals surface area contributed by atoms with Crippen LogP contribution in [0.5, 0.6) is 0 Å². The van der Waals surface area contributed by atoms with Crippen LogP contribution in [0.15, 0.2) is 30.3 Å². The summed E-state index contributed by atoms with van der Waals surface area (Å²) in [6, 6.07) is 7.78. The summed E-state index contributed by atoms with van der Waals surface area (Å²) in [6.07, 6.45) is 1.14. The van der Waals surface area contributed by atoms with Crippen molar-refractivity contribution in [3.63, 3.8) is 0 Å². The minimum atomic E-state index is -0.794. The highest BCUT2D eigenvalue weighted by Crippen LogP contribution is 2.03. The van der Waals surface area contributed by atoms with E-state index >= 15 is 0 Å². The lowest BCUT2D eigenvalue weighted by molar-refractivity contribution is -0.145. The first-order valence-corrected chi connectivity index (χ1v) is 6.15. The maximum absolute atomic E-state index is 11.9. The fourth-order valence-corrected chi connectivity index (χ4v) is 1.56. The maximum atomic E-state index is 11.9. The number of ether oxygens (including phenoxy) is 1. The molecule has 0 bridgehead atoms. The van der Waals surface area contributed by atoms with E-state index in [-0.39, 0.29) is 25.4 Å². The van der Waals surface area contributed by atoms with Gasteiger partial charge in [0.2, 0.25) is 0 Å². The molecule has 19 heavy (non-hydrogen) atoms. The van der Waals surface area contributed by atoms with E-state index in [1.165, 1.54) is 0 Å². The molecular formula is C14H17NO4. The van der Waals surface area contributed by atoms with Gasteiger partial charge in [-0.1, -0.05) is 18.2 Å². The van der Waals surface area contributed by atoms with Crippen LogP contribution >= 0.6 is 0 Å². The van der Waals surface area contributed by atoms with Crippen molar-refractivity contribution in [2.24, 2.45) is 0 Å². The van der Waals surface area contributed by atoms with Crippen molar-refractivity contribution in [1.29, 1.82) is 0 Å². The Morgan fingerprint density at radius 1 is 1.32 bits per heavy atom. The molecule has 1 unspecified atom stereocenters. The number of benzene rings is 1. The highest BCUT2D eigenvalue weighted by atomic mass is 16.5. The fourth-order valence-electron chi connectivity index (χ4n) is 1.56. The number of hydrogen-bond acceptors (Lipinski definition) is 4. The molecule has 0 aliphatic carbocycles. The number of aldehydes is 1. The monoisotopic (exact) mass is 263 g/mol. The number of esters is 1. The molecule has 1 amide bonds. The smallest absolute Gasteiger partial charge is 0.328 e. The zero-order valence-electron chi connectivity index (χ0n) is 10.8. The molecule has 0 radical (unpaired) electrons. The Morgan fingerprint density at radius 2 is 2.00 bits per heavy atom. The van der Waals surface area contributed by atoms with Crippen molar-refractivity contribution in [3.05, 3.63) is 35.9 Å². The molecule has 0 spiro atoms. The molecule has 0 saturated carbocycles. The van der Waals surface area contributed by atoms with E-state index in [4.69, 9.17) is 4.74 Å². The second kappa shape index (κ2) is 8.02. The van der Waals surface area contributed by atoms with Gasteiger partial charge in [0.1, 0.15) is 12.3 Å². The van der Waals surface area contributed by atoms with E-state index in [1.807, 2.05) is 0 Å². The highest BCUT2D eigenvalue weighted by Gasteiger charge is 2.21. The van der Waals surface area contributed by atoms with Crippen molar-refractivity contribution in [2.45, 2.75) is 25.8 Å². The number of carbonyl (C=O) groups excluding carboxylic acids is 3. The largest absolute Gasteiger partial charge is 0.464 e. The molecule has 0 saturated heterocycles. The van der Waals surface area contributed by atoms with Crippen molar-refractivity contribution >= 4 is 18.2 Å². The summed E-state index contributed by atoms with van der Waals surface area (Å²) in [5.41, 5.74) is 0.461. The van der Waals surface area contributed by atoms with Gasteiger partial charge >= 0.3 is 5.97 Å². The molecule has 0 heterocycles. The Kier molecular flexibility index (Phi) is 6.29. The molecule has 0 aromatic heterocycles. The van der Waals surface area contributed by atoms with Crippen LogP contribution in [-0.2, 0) is 14.3 Å². The second-order valence-corrected chi connectivity index (χ2v) is 3.89. The summed E-state index contributed by atoms with van der Waals surface area (Å²) in [6.45, 7) is 1.92. The van der Waals surface area contributed by atoms with Gasteiger partial charge in [0.05, 0.1) is 6.61 Å². The van der Waals surface area contributed by atoms with Crippen molar-refractivity contribution in [3.8, 4) is 0 Å². The molecule has 1 rings (SSSR count). The second-order valence-electron chi connectivity index (χ2n) is 3.89. The molecule has 1 aromatic carbocycles. The van der Waals surface area contributed by atoms with Crippen LogP contribution in [0, 0.1) is 0 Å². The molecule has 1 N–H and O–H groups in total. The first-order chi connectivity index (χ1) is 9.19. The van der Waals surface area contributed by atoms with E-state index in [2.05, 4.69) is 5.32 Å². The topological polar surface area (TPSA) is 72.5 Å². The van der Waals surface area contributed by atoms with Crippen LogP contribution in [-0.4, -0.2) is 30.8 Å². The summed E-state index contributed by atoms with van der Waals surface area (Å²) in [5.74, 6) is -0.877. The molecule has 102 valence electrons. The molecule has 0 aliphatic rings. The van der Waals surface area contributed by atoms with Crippen LogP contribution in [0.1, 0.15) is 30.1 Å². The number of nitrogens with one attached hydrogen (secondary N) is 1. The summed E-state index contributed by atoms with van der Waals surface area (Å²) < 4.78 is 4.87. The highest BCUT2D eigenvalue weighted by molar-refractivity contribution is 5.96. The average Bonchev–Trinajstić information content (AvgIpc) is 2.44. The van der Waals surface area contributed by atoms with Crippen LogP contribution in [0.3, 0.4) is 0 Å². The predicted molar refractivity (Wildman–Crippen MR) is 69.6 cm³/mol. The lowest BCUT2D eigenvalue weighted by Crippen LogP contribution is -2.41. The van der Waals surface area contributed by atoms with E-state index in [0.717, 1.165) is 0 Å². The van der Waals surface area contributed by atoms with Crippen molar-refractivity contribution in [2.75, 3.05) is 6.61 Å². The summed E-state index contributed by atoms with van der Waals surface area (Å²) in [7, 11) is 0. The van der Waals surface area contributed by atoms with Gasteiger partial charge in [-0.15, -0.1) is 0 Å². The van der Waals surface area contributed by atoms with Crippen molar-refractivity contribution < 1.29 is 19.1 Å². The Hall–Kier alpha value is -2.17. The normalized spacial score (nSPS) is 11.4. The average molecular weight is 263 g/mol. The van der Waals surface area contributed by atoms with Crippen LogP contribution in [0.25, 0.3) is 0 Å². The molecule has 5 nitrogen and oxygen atoms in total. The third kappa shape index (κ3) is 4.91. The quantitative estimate of drug-likeness (QED) is 0.595. The van der Waals surface area contributed by atoms with E-state index in [9.17, 15) is 14.4 Å². The SMILES string of the molecule is CCOC(=O)C(CCC=O)NC(=O)c1ccccc1. The van der Waals surface area contributed by atoms with E-state index in [0.29, 0.717) is 11.8 Å². The standard InChI is InChI=1S/C14H17NO4/c1-2-19-14(18)12(9-6-10-16)15-13(17)11-7-4-3-5-8-11/h3-5,7-8,10,12H,2,6,9H2,1H3,(H,15,17). The lowest BCUT2D eigenvalue weighted by atomic mass is 10.1. The first-order valence-electron chi connectivity index (χ1n) is 6.15. The summed E-state index contributed by atoms with van der Waals surface area (Å²) in [4.78, 5) is 34.0. The van der Waals surface area contributed by atoms with Crippen LogP contribution in [0.4, 0.5) is 0 Å². The zero-order chi connectivity index (χ0) is 14.1. The zero-order valence-corrected chi connectivity index (χ0v) is 10.8. The van der Waals surface area contributed by atoms with Gasteiger partial charge in [-0.25, -0.2) is 4.79 Å². The summed E-state index contributed by atoms with van der Waals surface area (Å²) >= 11 is 0. The molecular weight excluding hydrogens is 246 g/mol. The van der Waals surface area contributed by atoms with E-state index in [1.54, 1.807) is 37.3 Å². The van der Waals surface area contributed by atoms with Gasteiger partial charge in [0, 0.05) is 12.0 Å². The number of hydrogen-bond donors (Lipinski definition) is 1. The predicted octanol–water partition coefficient (Wildman–Crippen LogP) is 1.33. The van der Waals surface area contributed by atoms with E-state index < -0.39 is 12.0 Å². The Balaban J connectivity index is 2.68. The first kappa shape index (κ1) is 14.9. The van der Waals surface area contributed by atoms with Crippen LogP contribution in [0.2, 0.25) is 0 Å². The minimum absolute atomic E-state index is 0.193. The molecule has 1 atom stereocenters. The van der Waals surface area contributed by atoms with Gasteiger partial charge in [-0.05, 0) is 25.5 Å². The minimum Gasteiger partial charge on any atom is -0.464 e. The van der Waals surface area contributed by atoms with Gasteiger partial charge in [0.25, 0.3) is 5.91 Å². The molecule has 1 aromatic rings. The van der Waals surface area contributed by atoms with Gasteiger partial charge < -0.3 is 14.8 Å². The molecule has 0 fully saturated rings.